The fourth-order valence-corrected chi connectivity index (χ4v) is 1.96. The summed E-state index contributed by atoms with van der Waals surface area (Å²) >= 11 is 6.36. The Labute approximate surface area is 97.4 Å². The number of alkyl halides is 1. The third-order valence-corrected chi connectivity index (χ3v) is 2.99. The smallest absolute Gasteiger partial charge is 0.123 e. The first-order valence-corrected chi connectivity index (χ1v) is 5.91. The van der Waals surface area contributed by atoms with Crippen molar-refractivity contribution >= 4 is 11.6 Å². The average molecular weight is 227 g/mol. The van der Waals surface area contributed by atoms with Gasteiger partial charge in [0, 0.05) is 5.56 Å². The van der Waals surface area contributed by atoms with Crippen molar-refractivity contribution in [1.82, 2.24) is 0 Å². The number of hydrogen-bond acceptors (Lipinski definition) is 1. The minimum atomic E-state index is 0.0693. The van der Waals surface area contributed by atoms with E-state index in [1.54, 1.807) is 7.11 Å². The Morgan fingerprint density at radius 1 is 1.40 bits per heavy atom. The lowest BCUT2D eigenvalue weighted by molar-refractivity contribution is 0.408. The van der Waals surface area contributed by atoms with Gasteiger partial charge >= 0.3 is 0 Å². The molecule has 15 heavy (non-hydrogen) atoms. The van der Waals surface area contributed by atoms with Gasteiger partial charge in [0.2, 0.25) is 0 Å². The Balaban J connectivity index is 2.85. The van der Waals surface area contributed by atoms with Gasteiger partial charge in [0.05, 0.1) is 12.5 Å². The molecule has 0 saturated heterocycles. The molecule has 0 bridgehead atoms. The van der Waals surface area contributed by atoms with E-state index in [1.165, 1.54) is 12.0 Å². The highest BCUT2D eigenvalue weighted by atomic mass is 35.5. The number of methoxy groups -OCH3 is 1. The molecule has 0 aliphatic carbocycles. The number of rotatable bonds is 5. The lowest BCUT2D eigenvalue weighted by atomic mass is 10.0. The lowest BCUT2D eigenvalue weighted by Gasteiger charge is -2.14. The SMILES string of the molecule is CCCCC(Cl)c1cc(C)ccc1OC. The summed E-state index contributed by atoms with van der Waals surface area (Å²) in [5.74, 6) is 0.900. The van der Waals surface area contributed by atoms with Crippen LogP contribution in [0.3, 0.4) is 0 Å². The van der Waals surface area contributed by atoms with Crippen molar-refractivity contribution in [2.75, 3.05) is 7.11 Å². The first kappa shape index (κ1) is 12.4. The highest BCUT2D eigenvalue weighted by Gasteiger charge is 2.12. The molecule has 84 valence electrons. The Morgan fingerprint density at radius 2 is 2.13 bits per heavy atom. The molecule has 1 aromatic carbocycles. The number of halogens is 1. The van der Waals surface area contributed by atoms with Gasteiger partial charge in [-0.25, -0.2) is 0 Å². The summed E-state index contributed by atoms with van der Waals surface area (Å²) in [6, 6.07) is 6.16. The molecule has 0 spiro atoms. The van der Waals surface area contributed by atoms with E-state index in [0.717, 1.165) is 24.2 Å². The van der Waals surface area contributed by atoms with Gasteiger partial charge in [-0.15, -0.1) is 11.6 Å². The molecular weight excluding hydrogens is 208 g/mol. The Bertz CT molecular complexity index is 309. The van der Waals surface area contributed by atoms with Gasteiger partial charge in [0.1, 0.15) is 5.75 Å². The number of aryl methyl sites for hydroxylation is 1. The van der Waals surface area contributed by atoms with Crippen LogP contribution >= 0.6 is 11.6 Å². The summed E-state index contributed by atoms with van der Waals surface area (Å²) in [5, 5.41) is 0.0693. The number of ether oxygens (including phenoxy) is 1. The van der Waals surface area contributed by atoms with Crippen LogP contribution in [0.5, 0.6) is 5.75 Å². The van der Waals surface area contributed by atoms with Crippen LogP contribution in [-0.4, -0.2) is 7.11 Å². The standard InChI is InChI=1S/C13H19ClO/c1-4-5-6-12(14)11-9-10(2)7-8-13(11)15-3/h7-9,12H,4-6H2,1-3H3. The van der Waals surface area contributed by atoms with E-state index in [2.05, 4.69) is 19.9 Å². The van der Waals surface area contributed by atoms with Gasteiger partial charge in [-0.3, -0.25) is 0 Å². The monoisotopic (exact) mass is 226 g/mol. The highest BCUT2D eigenvalue weighted by Crippen LogP contribution is 2.33. The molecule has 1 rings (SSSR count). The van der Waals surface area contributed by atoms with E-state index in [0.29, 0.717) is 0 Å². The van der Waals surface area contributed by atoms with E-state index < -0.39 is 0 Å². The lowest BCUT2D eigenvalue weighted by Crippen LogP contribution is -1.96. The van der Waals surface area contributed by atoms with Crippen molar-refractivity contribution < 1.29 is 4.74 Å². The summed E-state index contributed by atoms with van der Waals surface area (Å²) in [7, 11) is 1.69. The maximum Gasteiger partial charge on any atom is 0.123 e. The molecule has 1 unspecified atom stereocenters. The van der Waals surface area contributed by atoms with Crippen LogP contribution in [0.1, 0.15) is 42.7 Å². The van der Waals surface area contributed by atoms with Gasteiger partial charge in [0.15, 0.2) is 0 Å². The number of hydrogen-bond donors (Lipinski definition) is 0. The predicted molar refractivity (Wildman–Crippen MR) is 65.9 cm³/mol. The first-order chi connectivity index (χ1) is 7.19. The third-order valence-electron chi connectivity index (χ3n) is 2.53. The van der Waals surface area contributed by atoms with Gasteiger partial charge in [0.25, 0.3) is 0 Å². The second-order valence-electron chi connectivity index (χ2n) is 3.86. The minimum absolute atomic E-state index is 0.0693. The maximum atomic E-state index is 6.36. The maximum absolute atomic E-state index is 6.36. The van der Waals surface area contributed by atoms with E-state index >= 15 is 0 Å². The Morgan fingerprint density at radius 3 is 2.73 bits per heavy atom. The molecule has 0 heterocycles. The third kappa shape index (κ3) is 3.42. The Kier molecular flexibility index (Phi) is 4.97. The topological polar surface area (TPSA) is 9.23 Å². The van der Waals surface area contributed by atoms with Gasteiger partial charge in [-0.2, -0.15) is 0 Å². The molecule has 1 nitrogen and oxygen atoms in total. The van der Waals surface area contributed by atoms with E-state index in [4.69, 9.17) is 16.3 Å². The zero-order valence-electron chi connectivity index (χ0n) is 9.72. The van der Waals surface area contributed by atoms with E-state index in [9.17, 15) is 0 Å². The van der Waals surface area contributed by atoms with Crippen LogP contribution in [-0.2, 0) is 0 Å². The van der Waals surface area contributed by atoms with Crippen molar-refractivity contribution in [2.24, 2.45) is 0 Å². The molecule has 0 aliphatic heterocycles. The van der Waals surface area contributed by atoms with Crippen molar-refractivity contribution in [2.45, 2.75) is 38.5 Å². The van der Waals surface area contributed by atoms with Crippen LogP contribution in [0.25, 0.3) is 0 Å². The second-order valence-corrected chi connectivity index (χ2v) is 4.38. The van der Waals surface area contributed by atoms with E-state index in [-0.39, 0.29) is 5.38 Å². The molecule has 1 aromatic rings. The zero-order chi connectivity index (χ0) is 11.3. The Hall–Kier alpha value is -0.690. The van der Waals surface area contributed by atoms with Crippen molar-refractivity contribution in [3.05, 3.63) is 29.3 Å². The van der Waals surface area contributed by atoms with Crippen LogP contribution < -0.4 is 4.74 Å². The largest absolute Gasteiger partial charge is 0.496 e. The van der Waals surface area contributed by atoms with Crippen LogP contribution in [0, 0.1) is 6.92 Å². The van der Waals surface area contributed by atoms with Crippen molar-refractivity contribution in [1.29, 1.82) is 0 Å². The highest BCUT2D eigenvalue weighted by molar-refractivity contribution is 6.21. The van der Waals surface area contributed by atoms with Gasteiger partial charge < -0.3 is 4.74 Å². The molecule has 1 atom stereocenters. The molecule has 0 saturated carbocycles. The van der Waals surface area contributed by atoms with Crippen molar-refractivity contribution in [3.63, 3.8) is 0 Å². The summed E-state index contributed by atoms with van der Waals surface area (Å²) in [6.07, 6.45) is 3.35. The average Bonchev–Trinajstić information content (AvgIpc) is 2.25. The normalized spacial score (nSPS) is 12.5. The predicted octanol–water partition coefficient (Wildman–Crippen LogP) is 4.47. The molecule has 0 N–H and O–H groups in total. The molecule has 0 aliphatic rings. The summed E-state index contributed by atoms with van der Waals surface area (Å²) in [6.45, 7) is 4.25. The van der Waals surface area contributed by atoms with Crippen LogP contribution in [0.15, 0.2) is 18.2 Å². The minimum Gasteiger partial charge on any atom is -0.496 e. The number of benzene rings is 1. The molecular formula is C13H19ClO. The van der Waals surface area contributed by atoms with Crippen LogP contribution in [0.4, 0.5) is 0 Å². The summed E-state index contributed by atoms with van der Waals surface area (Å²) in [5.41, 5.74) is 2.35. The van der Waals surface area contributed by atoms with Crippen molar-refractivity contribution in [3.8, 4) is 5.75 Å². The fraction of sp³-hybridized carbons (Fsp3) is 0.538. The van der Waals surface area contributed by atoms with E-state index in [1.807, 2.05) is 12.1 Å². The number of unbranched alkanes of at least 4 members (excludes halogenated alkanes) is 1. The summed E-state index contributed by atoms with van der Waals surface area (Å²) < 4.78 is 5.32. The zero-order valence-corrected chi connectivity index (χ0v) is 10.5. The quantitative estimate of drug-likeness (QED) is 0.673. The second kappa shape index (κ2) is 6.02. The van der Waals surface area contributed by atoms with Gasteiger partial charge in [-0.1, -0.05) is 37.5 Å². The van der Waals surface area contributed by atoms with Crippen LogP contribution in [0.2, 0.25) is 0 Å². The molecule has 0 fully saturated rings. The molecule has 0 aromatic heterocycles. The molecule has 2 heteroatoms. The fourth-order valence-electron chi connectivity index (χ4n) is 1.64. The molecule has 0 amide bonds. The summed E-state index contributed by atoms with van der Waals surface area (Å²) in [4.78, 5) is 0. The first-order valence-electron chi connectivity index (χ1n) is 5.47. The molecule has 0 radical (unpaired) electrons. The van der Waals surface area contributed by atoms with Gasteiger partial charge in [-0.05, 0) is 19.4 Å².